The van der Waals surface area contributed by atoms with Gasteiger partial charge in [0, 0.05) is 29.8 Å². The average molecular weight is 422 g/mol. The van der Waals surface area contributed by atoms with E-state index in [2.05, 4.69) is 30.2 Å². The molecule has 0 aliphatic heterocycles. The van der Waals surface area contributed by atoms with Gasteiger partial charge in [-0.25, -0.2) is 4.98 Å². The Morgan fingerprint density at radius 2 is 2.03 bits per heavy atom. The summed E-state index contributed by atoms with van der Waals surface area (Å²) in [4.78, 5) is 21.9. The number of carbonyl (C=O) groups is 1. The van der Waals surface area contributed by atoms with E-state index < -0.39 is 0 Å². The van der Waals surface area contributed by atoms with Crippen LogP contribution in [0.25, 0.3) is 0 Å². The molecule has 1 atom stereocenters. The molecule has 6 heteroatoms. The van der Waals surface area contributed by atoms with Gasteiger partial charge in [-0.05, 0) is 75.3 Å². The van der Waals surface area contributed by atoms with E-state index in [1.807, 2.05) is 25.1 Å². The minimum Gasteiger partial charge on any atom is -0.497 e. The lowest BCUT2D eigenvalue weighted by atomic mass is 9.99. The van der Waals surface area contributed by atoms with Gasteiger partial charge in [-0.3, -0.25) is 9.79 Å². The number of hydrogen-bond acceptors (Lipinski definition) is 5. The van der Waals surface area contributed by atoms with E-state index in [1.165, 1.54) is 24.1 Å². The van der Waals surface area contributed by atoms with Gasteiger partial charge in [-0.15, -0.1) is 0 Å². The van der Waals surface area contributed by atoms with Crippen molar-refractivity contribution in [3.05, 3.63) is 52.2 Å². The summed E-state index contributed by atoms with van der Waals surface area (Å²) in [6.07, 6.45) is 4.24. The van der Waals surface area contributed by atoms with Crippen molar-refractivity contribution in [1.29, 1.82) is 0 Å². The van der Waals surface area contributed by atoms with Gasteiger partial charge >= 0.3 is 0 Å². The molecule has 0 radical (unpaired) electrons. The molecule has 6 nitrogen and oxygen atoms in total. The van der Waals surface area contributed by atoms with Crippen molar-refractivity contribution >= 4 is 11.6 Å². The summed E-state index contributed by atoms with van der Waals surface area (Å²) in [6, 6.07) is 7.96. The third kappa shape index (κ3) is 4.73. The second-order valence-electron chi connectivity index (χ2n) is 8.38. The number of nitrogens with zero attached hydrogens (tertiary/aromatic N) is 2. The highest BCUT2D eigenvalue weighted by Crippen LogP contribution is 2.36. The standard InChI is InChI=1S/C25H31N3O3/c1-5-26-25(18-6-7-18)24-15(2)12-23(27-16(24)3)31-14-22(29)28-21-11-9-17-8-10-19(30-4)13-20(17)21/h8,10,12-13,18,21H,5-7,9,11,14H2,1-4H3,(H,28,29). The number of aromatic nitrogens is 1. The largest absolute Gasteiger partial charge is 0.497 e. The minimum absolute atomic E-state index is 0.00800. The molecule has 1 fully saturated rings. The van der Waals surface area contributed by atoms with E-state index in [-0.39, 0.29) is 18.6 Å². The van der Waals surface area contributed by atoms with Gasteiger partial charge in [0.1, 0.15) is 5.75 Å². The van der Waals surface area contributed by atoms with Crippen LogP contribution in [0.1, 0.15) is 60.2 Å². The number of rotatable bonds is 8. The first kappa shape index (κ1) is 21.3. The van der Waals surface area contributed by atoms with Gasteiger partial charge in [-0.1, -0.05) is 6.07 Å². The molecule has 1 heterocycles. The third-order valence-corrected chi connectivity index (χ3v) is 6.04. The Kier molecular flexibility index (Phi) is 6.25. The summed E-state index contributed by atoms with van der Waals surface area (Å²) >= 11 is 0. The number of nitrogens with one attached hydrogen (secondary N) is 1. The molecule has 0 bridgehead atoms. The molecule has 2 aliphatic carbocycles. The number of ether oxygens (including phenoxy) is 2. The van der Waals surface area contributed by atoms with Crippen molar-refractivity contribution < 1.29 is 14.3 Å². The number of aryl methyl sites for hydroxylation is 3. The fraction of sp³-hybridized carbons (Fsp3) is 0.480. The number of aliphatic imine (C=N–C) groups is 1. The van der Waals surface area contributed by atoms with Crippen LogP contribution in [0.3, 0.4) is 0 Å². The Morgan fingerprint density at radius 1 is 1.23 bits per heavy atom. The topological polar surface area (TPSA) is 72.8 Å². The zero-order valence-corrected chi connectivity index (χ0v) is 18.8. The molecular weight excluding hydrogens is 390 g/mol. The molecule has 4 rings (SSSR count). The number of pyridine rings is 1. The van der Waals surface area contributed by atoms with Crippen LogP contribution < -0.4 is 14.8 Å². The van der Waals surface area contributed by atoms with E-state index in [4.69, 9.17) is 14.5 Å². The van der Waals surface area contributed by atoms with Gasteiger partial charge in [0.25, 0.3) is 5.91 Å². The number of benzene rings is 1. The predicted molar refractivity (Wildman–Crippen MR) is 121 cm³/mol. The first-order chi connectivity index (χ1) is 15.0. The maximum Gasteiger partial charge on any atom is 0.258 e. The third-order valence-electron chi connectivity index (χ3n) is 6.04. The Labute approximate surface area is 184 Å². The Hall–Kier alpha value is -2.89. The molecule has 2 aromatic rings. The Balaban J connectivity index is 1.40. The van der Waals surface area contributed by atoms with Crippen LogP contribution in [0.4, 0.5) is 0 Å². The number of amides is 1. The highest BCUT2D eigenvalue weighted by atomic mass is 16.5. The highest BCUT2D eigenvalue weighted by Gasteiger charge is 2.30. The van der Waals surface area contributed by atoms with E-state index in [9.17, 15) is 4.79 Å². The Morgan fingerprint density at radius 3 is 2.71 bits per heavy atom. The number of fused-ring (bicyclic) bond motifs is 1. The second-order valence-corrected chi connectivity index (χ2v) is 8.38. The van der Waals surface area contributed by atoms with E-state index in [0.29, 0.717) is 11.8 Å². The zero-order chi connectivity index (χ0) is 22.0. The summed E-state index contributed by atoms with van der Waals surface area (Å²) in [7, 11) is 1.65. The summed E-state index contributed by atoms with van der Waals surface area (Å²) in [6.45, 7) is 6.84. The van der Waals surface area contributed by atoms with E-state index in [0.717, 1.165) is 47.5 Å². The van der Waals surface area contributed by atoms with Gasteiger partial charge < -0.3 is 14.8 Å². The molecule has 164 valence electrons. The summed E-state index contributed by atoms with van der Waals surface area (Å²) in [5.74, 6) is 1.70. The van der Waals surface area contributed by atoms with Crippen LogP contribution in [0.2, 0.25) is 0 Å². The summed E-state index contributed by atoms with van der Waals surface area (Å²) in [5, 5.41) is 3.09. The predicted octanol–water partition coefficient (Wildman–Crippen LogP) is 4.11. The minimum atomic E-state index is -0.145. The van der Waals surface area contributed by atoms with E-state index >= 15 is 0 Å². The first-order valence-electron chi connectivity index (χ1n) is 11.1. The summed E-state index contributed by atoms with van der Waals surface area (Å²) < 4.78 is 11.1. The van der Waals surface area contributed by atoms with Crippen molar-refractivity contribution in [3.63, 3.8) is 0 Å². The number of hydrogen-bond donors (Lipinski definition) is 1. The molecule has 1 aromatic heterocycles. The van der Waals surface area contributed by atoms with Gasteiger partial charge in [0.2, 0.25) is 5.88 Å². The van der Waals surface area contributed by atoms with Crippen LogP contribution in [0, 0.1) is 19.8 Å². The van der Waals surface area contributed by atoms with Crippen molar-refractivity contribution in [1.82, 2.24) is 10.3 Å². The van der Waals surface area contributed by atoms with Crippen LogP contribution in [-0.4, -0.2) is 36.9 Å². The maximum absolute atomic E-state index is 12.6. The van der Waals surface area contributed by atoms with Crippen LogP contribution in [0.5, 0.6) is 11.6 Å². The number of carbonyl (C=O) groups excluding carboxylic acids is 1. The van der Waals surface area contributed by atoms with Crippen LogP contribution in [-0.2, 0) is 11.2 Å². The molecule has 31 heavy (non-hydrogen) atoms. The van der Waals surface area contributed by atoms with Crippen molar-refractivity contribution in [2.45, 2.75) is 52.5 Å². The Bertz CT molecular complexity index is 988. The molecule has 1 N–H and O–H groups in total. The smallest absolute Gasteiger partial charge is 0.258 e. The molecule has 1 unspecified atom stereocenters. The fourth-order valence-electron chi connectivity index (χ4n) is 4.43. The zero-order valence-electron chi connectivity index (χ0n) is 18.8. The van der Waals surface area contributed by atoms with E-state index in [1.54, 1.807) is 7.11 Å². The van der Waals surface area contributed by atoms with Crippen molar-refractivity contribution in [3.8, 4) is 11.6 Å². The molecule has 0 saturated heterocycles. The lowest BCUT2D eigenvalue weighted by Gasteiger charge is -2.16. The highest BCUT2D eigenvalue weighted by molar-refractivity contribution is 6.05. The van der Waals surface area contributed by atoms with Crippen LogP contribution in [0.15, 0.2) is 29.3 Å². The average Bonchev–Trinajstić information content (AvgIpc) is 3.52. The molecular formula is C25H31N3O3. The summed E-state index contributed by atoms with van der Waals surface area (Å²) in [5.41, 5.74) is 6.70. The van der Waals surface area contributed by atoms with Gasteiger partial charge in [-0.2, -0.15) is 0 Å². The molecule has 1 amide bonds. The lowest BCUT2D eigenvalue weighted by molar-refractivity contribution is -0.123. The lowest BCUT2D eigenvalue weighted by Crippen LogP contribution is -2.31. The van der Waals surface area contributed by atoms with Crippen molar-refractivity contribution in [2.75, 3.05) is 20.3 Å². The monoisotopic (exact) mass is 421 g/mol. The normalized spacial score (nSPS) is 17.9. The van der Waals surface area contributed by atoms with Gasteiger partial charge in [0.15, 0.2) is 6.61 Å². The maximum atomic E-state index is 12.6. The van der Waals surface area contributed by atoms with Gasteiger partial charge in [0.05, 0.1) is 18.8 Å². The number of methoxy groups -OCH3 is 1. The van der Waals surface area contributed by atoms with Crippen molar-refractivity contribution in [2.24, 2.45) is 10.9 Å². The molecule has 1 saturated carbocycles. The second kappa shape index (κ2) is 9.08. The molecule has 1 aromatic carbocycles. The SMILES string of the molecule is CCN=C(c1c(C)cc(OCC(=O)NC2CCc3ccc(OC)cc32)nc1C)C1CC1. The first-order valence-corrected chi connectivity index (χ1v) is 11.1. The van der Waals surface area contributed by atoms with Crippen LogP contribution >= 0.6 is 0 Å². The quantitative estimate of drug-likeness (QED) is 0.651. The fourth-order valence-corrected chi connectivity index (χ4v) is 4.43. The molecule has 0 spiro atoms. The molecule has 2 aliphatic rings.